The van der Waals surface area contributed by atoms with Crippen molar-refractivity contribution in [3.63, 3.8) is 0 Å². The Balaban J connectivity index is 0.00000132. The second-order valence-electron chi connectivity index (χ2n) is 5.68. The molecule has 0 unspecified atom stereocenters. The summed E-state index contributed by atoms with van der Waals surface area (Å²) < 4.78 is 0. The van der Waals surface area contributed by atoms with E-state index in [1.807, 2.05) is 48.3 Å². The van der Waals surface area contributed by atoms with Gasteiger partial charge in [-0.25, -0.2) is 4.98 Å². The van der Waals surface area contributed by atoms with Gasteiger partial charge in [-0.3, -0.25) is 4.79 Å². The molecular formula is C17H23Cl2N3O. The van der Waals surface area contributed by atoms with Crippen LogP contribution in [0.25, 0.3) is 10.9 Å². The van der Waals surface area contributed by atoms with Gasteiger partial charge in [0.2, 0.25) is 0 Å². The summed E-state index contributed by atoms with van der Waals surface area (Å²) in [4.78, 5) is 19.0. The lowest BCUT2D eigenvalue weighted by Crippen LogP contribution is -2.40. The number of likely N-dealkylation sites (tertiary alicyclic amines) is 1. The van der Waals surface area contributed by atoms with Crippen molar-refractivity contribution < 1.29 is 4.79 Å². The van der Waals surface area contributed by atoms with Crippen LogP contribution in [0.2, 0.25) is 0 Å². The number of halogens is 2. The number of fused-ring (bicyclic) bond motifs is 1. The van der Waals surface area contributed by atoms with Gasteiger partial charge >= 0.3 is 0 Å². The Labute approximate surface area is 149 Å². The van der Waals surface area contributed by atoms with Gasteiger partial charge in [-0.1, -0.05) is 24.3 Å². The number of aromatic nitrogens is 1. The minimum atomic E-state index is 0. The molecule has 1 saturated heterocycles. The second-order valence-corrected chi connectivity index (χ2v) is 5.68. The van der Waals surface area contributed by atoms with Gasteiger partial charge in [0.05, 0.1) is 5.52 Å². The summed E-state index contributed by atoms with van der Waals surface area (Å²) in [5.41, 5.74) is 1.44. The van der Waals surface area contributed by atoms with Gasteiger partial charge in [0.1, 0.15) is 5.69 Å². The quantitative estimate of drug-likeness (QED) is 0.919. The molecule has 2 aromatic rings. The third-order valence-corrected chi connectivity index (χ3v) is 4.21. The van der Waals surface area contributed by atoms with E-state index in [2.05, 4.69) is 10.3 Å². The maximum atomic E-state index is 12.6. The molecule has 0 aliphatic carbocycles. The number of hydrogen-bond donors (Lipinski definition) is 1. The Bertz CT molecular complexity index is 643. The molecule has 0 saturated carbocycles. The predicted octanol–water partition coefficient (Wildman–Crippen LogP) is 3.15. The van der Waals surface area contributed by atoms with Crippen molar-refractivity contribution in [1.82, 2.24) is 15.2 Å². The zero-order valence-corrected chi connectivity index (χ0v) is 14.8. The molecule has 1 aromatic carbocycles. The van der Waals surface area contributed by atoms with Gasteiger partial charge in [-0.15, -0.1) is 24.8 Å². The van der Waals surface area contributed by atoms with Crippen molar-refractivity contribution in [2.75, 3.05) is 26.7 Å². The summed E-state index contributed by atoms with van der Waals surface area (Å²) in [5, 5.41) is 4.29. The van der Waals surface area contributed by atoms with E-state index in [0.717, 1.165) is 43.4 Å². The highest BCUT2D eigenvalue weighted by Gasteiger charge is 2.23. The van der Waals surface area contributed by atoms with Crippen LogP contribution in [-0.2, 0) is 0 Å². The molecule has 3 rings (SSSR count). The lowest BCUT2D eigenvalue weighted by Gasteiger charge is -2.31. The van der Waals surface area contributed by atoms with E-state index < -0.39 is 0 Å². The van der Waals surface area contributed by atoms with Crippen molar-refractivity contribution in [3.8, 4) is 0 Å². The lowest BCUT2D eigenvalue weighted by atomic mass is 9.96. The third kappa shape index (κ3) is 4.56. The summed E-state index contributed by atoms with van der Waals surface area (Å²) in [5.74, 6) is 0.743. The van der Waals surface area contributed by atoms with Crippen LogP contribution in [0.3, 0.4) is 0 Å². The smallest absolute Gasteiger partial charge is 0.272 e. The number of pyridine rings is 1. The number of carbonyl (C=O) groups is 1. The first-order valence-corrected chi connectivity index (χ1v) is 7.57. The van der Waals surface area contributed by atoms with E-state index in [0.29, 0.717) is 11.6 Å². The van der Waals surface area contributed by atoms with Crippen LogP contribution in [0.5, 0.6) is 0 Å². The first kappa shape index (κ1) is 19.7. The number of piperidine rings is 1. The van der Waals surface area contributed by atoms with E-state index in [-0.39, 0.29) is 30.7 Å². The number of benzene rings is 1. The fraction of sp³-hybridized carbons (Fsp3) is 0.412. The van der Waals surface area contributed by atoms with Gasteiger partial charge in [0, 0.05) is 18.5 Å². The molecule has 1 N–H and O–H groups in total. The molecular weight excluding hydrogens is 333 g/mol. The maximum absolute atomic E-state index is 12.6. The average Bonchev–Trinajstić information content (AvgIpc) is 2.55. The monoisotopic (exact) mass is 355 g/mol. The van der Waals surface area contributed by atoms with Crippen molar-refractivity contribution in [2.24, 2.45) is 5.92 Å². The highest BCUT2D eigenvalue weighted by atomic mass is 35.5. The van der Waals surface area contributed by atoms with Gasteiger partial charge < -0.3 is 10.2 Å². The largest absolute Gasteiger partial charge is 0.337 e. The molecule has 0 radical (unpaired) electrons. The van der Waals surface area contributed by atoms with Crippen molar-refractivity contribution in [3.05, 3.63) is 42.1 Å². The molecule has 1 aliphatic rings. The molecule has 0 bridgehead atoms. The SMILES string of the molecule is CNCC1CCN(C(=O)c2ccc3ccccc3n2)CC1.Cl.Cl. The standard InChI is InChI=1S/C17H21N3O.2ClH/c1-18-12-13-8-10-20(11-9-13)17(21)16-7-6-14-4-2-3-5-15(14)19-16;;/h2-7,13,18H,8-12H2,1H3;2*1H. The normalized spacial score (nSPS) is 14.9. The van der Waals surface area contributed by atoms with Crippen LogP contribution in [0, 0.1) is 5.92 Å². The van der Waals surface area contributed by atoms with Crippen molar-refractivity contribution in [1.29, 1.82) is 0 Å². The van der Waals surface area contributed by atoms with Crippen LogP contribution < -0.4 is 5.32 Å². The average molecular weight is 356 g/mol. The number of hydrogen-bond acceptors (Lipinski definition) is 3. The van der Waals surface area contributed by atoms with E-state index in [9.17, 15) is 4.79 Å². The predicted molar refractivity (Wildman–Crippen MR) is 98.8 cm³/mol. The Hall–Kier alpha value is -1.36. The Morgan fingerprint density at radius 3 is 2.57 bits per heavy atom. The first-order chi connectivity index (χ1) is 10.3. The summed E-state index contributed by atoms with van der Waals surface area (Å²) in [7, 11) is 1.98. The summed E-state index contributed by atoms with van der Waals surface area (Å²) in [6, 6.07) is 11.7. The van der Waals surface area contributed by atoms with Crippen LogP contribution >= 0.6 is 24.8 Å². The van der Waals surface area contributed by atoms with E-state index >= 15 is 0 Å². The zero-order chi connectivity index (χ0) is 14.7. The molecule has 6 heteroatoms. The van der Waals surface area contributed by atoms with Crippen LogP contribution in [0.15, 0.2) is 36.4 Å². The minimum Gasteiger partial charge on any atom is -0.337 e. The summed E-state index contributed by atoms with van der Waals surface area (Å²) >= 11 is 0. The van der Waals surface area contributed by atoms with Gasteiger partial charge in [0.15, 0.2) is 0 Å². The first-order valence-electron chi connectivity index (χ1n) is 7.57. The summed E-state index contributed by atoms with van der Waals surface area (Å²) in [6.07, 6.45) is 2.14. The minimum absolute atomic E-state index is 0. The van der Waals surface area contributed by atoms with Gasteiger partial charge in [-0.2, -0.15) is 0 Å². The number of carbonyl (C=O) groups excluding carboxylic acids is 1. The number of nitrogens with one attached hydrogen (secondary N) is 1. The van der Waals surface area contributed by atoms with E-state index in [1.54, 1.807) is 0 Å². The number of para-hydroxylation sites is 1. The Morgan fingerprint density at radius 1 is 1.17 bits per heavy atom. The number of amides is 1. The molecule has 4 nitrogen and oxygen atoms in total. The van der Waals surface area contributed by atoms with Crippen LogP contribution in [0.4, 0.5) is 0 Å². The Kier molecular flexibility index (Phi) is 7.76. The fourth-order valence-electron chi connectivity index (χ4n) is 2.98. The molecule has 0 atom stereocenters. The molecule has 23 heavy (non-hydrogen) atoms. The van der Waals surface area contributed by atoms with Crippen molar-refractivity contribution in [2.45, 2.75) is 12.8 Å². The molecule has 2 heterocycles. The summed E-state index contributed by atoms with van der Waals surface area (Å²) in [6.45, 7) is 2.70. The maximum Gasteiger partial charge on any atom is 0.272 e. The number of nitrogens with zero attached hydrogens (tertiary/aromatic N) is 2. The van der Waals surface area contributed by atoms with Gasteiger partial charge in [0.25, 0.3) is 5.91 Å². The van der Waals surface area contributed by atoms with Crippen molar-refractivity contribution >= 4 is 41.6 Å². The highest BCUT2D eigenvalue weighted by molar-refractivity contribution is 5.94. The highest BCUT2D eigenvalue weighted by Crippen LogP contribution is 2.19. The number of rotatable bonds is 3. The molecule has 1 aromatic heterocycles. The fourth-order valence-corrected chi connectivity index (χ4v) is 2.98. The molecule has 126 valence electrons. The third-order valence-electron chi connectivity index (χ3n) is 4.21. The Morgan fingerprint density at radius 2 is 1.87 bits per heavy atom. The molecule has 1 fully saturated rings. The van der Waals surface area contributed by atoms with E-state index in [1.165, 1.54) is 0 Å². The van der Waals surface area contributed by atoms with Gasteiger partial charge in [-0.05, 0) is 44.5 Å². The molecule has 1 amide bonds. The lowest BCUT2D eigenvalue weighted by molar-refractivity contribution is 0.0685. The van der Waals surface area contributed by atoms with Crippen LogP contribution in [0.1, 0.15) is 23.3 Å². The molecule has 0 spiro atoms. The van der Waals surface area contributed by atoms with E-state index in [4.69, 9.17) is 0 Å². The topological polar surface area (TPSA) is 45.2 Å². The van der Waals surface area contributed by atoms with Crippen LogP contribution in [-0.4, -0.2) is 42.5 Å². The molecule has 1 aliphatic heterocycles. The second kappa shape index (κ2) is 9.06. The zero-order valence-electron chi connectivity index (χ0n) is 13.2.